The number of cyclic esters (lactones) is 1. The lowest BCUT2D eigenvalue weighted by Crippen LogP contribution is -2.87. The molecule has 14 heteroatoms. The van der Waals surface area contributed by atoms with Crippen molar-refractivity contribution in [3.63, 3.8) is 0 Å². The third kappa shape index (κ3) is 11.6. The van der Waals surface area contributed by atoms with Crippen LogP contribution < -0.4 is 0 Å². The Morgan fingerprint density at radius 1 is 0.846 bits per heavy atom. The molecule has 3 saturated heterocycles. The van der Waals surface area contributed by atoms with Crippen LogP contribution in [0.15, 0.2) is 47.6 Å². The molecule has 4 N–H and O–H groups in total. The Hall–Kier alpha value is -3.08. The third-order valence-electron chi connectivity index (χ3n) is 15.4. The van der Waals surface area contributed by atoms with Crippen molar-refractivity contribution < 1.29 is 63.3 Å². The van der Waals surface area contributed by atoms with Gasteiger partial charge in [-0.15, -0.1) is 0 Å². The van der Waals surface area contributed by atoms with Gasteiger partial charge in [-0.1, -0.05) is 71.1 Å². The molecule has 0 aromatic carbocycles. The molecular formula is C51H79NO13. The number of β-lactam (4-membered cyclic amide) rings is 1. The number of hydrogen-bond donors (Lipinski definition) is 4. The van der Waals surface area contributed by atoms with Gasteiger partial charge in [-0.05, 0) is 107 Å². The van der Waals surface area contributed by atoms with Crippen LogP contribution in [0.4, 0.5) is 0 Å². The summed E-state index contributed by atoms with van der Waals surface area (Å²) in [7, 11) is 4.56. The van der Waals surface area contributed by atoms with Crippen LogP contribution >= 0.6 is 0 Å². The zero-order valence-electron chi connectivity index (χ0n) is 40.5. The predicted molar refractivity (Wildman–Crippen MR) is 244 cm³/mol. The summed E-state index contributed by atoms with van der Waals surface area (Å²) in [5.74, 6) is -6.13. The van der Waals surface area contributed by atoms with Crippen LogP contribution in [-0.2, 0) is 42.9 Å². The van der Waals surface area contributed by atoms with Crippen LogP contribution in [0.25, 0.3) is 0 Å². The molecule has 4 aliphatic heterocycles. The molecule has 4 heterocycles. The summed E-state index contributed by atoms with van der Waals surface area (Å²) >= 11 is 0. The summed E-state index contributed by atoms with van der Waals surface area (Å²) in [6, 6.07) is -1.97. The van der Waals surface area contributed by atoms with E-state index in [9.17, 15) is 39.6 Å². The molecule has 0 aromatic heterocycles. The Morgan fingerprint density at radius 3 is 2.25 bits per heavy atom. The van der Waals surface area contributed by atoms with Crippen molar-refractivity contribution in [1.82, 2.24) is 4.90 Å². The maximum atomic E-state index is 14.4. The topological polar surface area (TPSA) is 199 Å². The summed E-state index contributed by atoms with van der Waals surface area (Å²) in [4.78, 5) is 57.9. The molecule has 0 aromatic rings. The summed E-state index contributed by atoms with van der Waals surface area (Å²) in [6.07, 6.45) is 11.4. The van der Waals surface area contributed by atoms with Gasteiger partial charge in [-0.3, -0.25) is 14.4 Å². The average molecular weight is 914 g/mol. The lowest BCUT2D eigenvalue weighted by atomic mass is 9.65. The number of methoxy groups -OCH3 is 3. The molecule has 0 radical (unpaired) electrons. The standard InChI is InChI=1S/C51H79NO13/c1-29-15-12-11-13-16-30(2)41(61-8)27-37-21-19-35(7)51(60,65-37)50(59)44-18-14-17-38(52(44)49(50)58)48(57)64-42(32(4)25-36-20-22-39(53)43(26-36)62-9)28-40(54)31(3)24-34(6)46(56)47(63-10)45(55)33(5)23-29/h11-13,15-16,24,29,31-33,35-39,41-44,46-47,53,56,59-60H,14,17-23,25-28H2,1-10H3/b13-11+,15-12-,30-16+,34-24+/t29-,31-,32-,33-,35-,36+,37+,38+,39-,41+,42+,43-,44-,46-,47+,50-,51-/m1/s1. The van der Waals surface area contributed by atoms with E-state index in [-0.39, 0.29) is 54.4 Å². The number of nitrogens with zero attached hydrogens (tertiary/aromatic N) is 1. The number of fused-ring (bicyclic) bond motifs is 5. The Bertz CT molecular complexity index is 1790. The highest BCUT2D eigenvalue weighted by molar-refractivity contribution is 5.98. The van der Waals surface area contributed by atoms with Gasteiger partial charge in [-0.25, -0.2) is 4.79 Å². The second kappa shape index (κ2) is 22.8. The number of aliphatic hydroxyl groups excluding tert-OH is 2. The van der Waals surface area contributed by atoms with Gasteiger partial charge in [0, 0.05) is 51.9 Å². The van der Waals surface area contributed by atoms with E-state index in [1.165, 1.54) is 12.0 Å². The van der Waals surface area contributed by atoms with Gasteiger partial charge in [0.15, 0.2) is 5.78 Å². The van der Waals surface area contributed by atoms with Gasteiger partial charge < -0.3 is 49.0 Å². The Balaban J connectivity index is 1.47. The van der Waals surface area contributed by atoms with Crippen molar-refractivity contribution >= 4 is 23.4 Å². The zero-order chi connectivity index (χ0) is 48.0. The summed E-state index contributed by atoms with van der Waals surface area (Å²) < 4.78 is 29.7. The van der Waals surface area contributed by atoms with Crippen molar-refractivity contribution in [1.29, 1.82) is 0 Å². The van der Waals surface area contributed by atoms with E-state index in [2.05, 4.69) is 0 Å². The number of carbonyl (C=O) groups is 4. The van der Waals surface area contributed by atoms with E-state index in [0.29, 0.717) is 63.4 Å². The van der Waals surface area contributed by atoms with Crippen molar-refractivity contribution in [3.05, 3.63) is 47.6 Å². The van der Waals surface area contributed by atoms with Crippen LogP contribution in [0.3, 0.4) is 0 Å². The van der Waals surface area contributed by atoms with Crippen LogP contribution in [0.1, 0.15) is 126 Å². The van der Waals surface area contributed by atoms with E-state index in [1.54, 1.807) is 41.1 Å². The molecule has 1 aliphatic carbocycles. The SMILES string of the molecule is CO[C@H]1C[C@@H]2CC[C@@H](C)[C@@](O)(O2)[C@]2(O)C(=O)N3[C@@H](CCC[C@@H]32)C(=O)O[C@H]([C@H](C)C[C@@H]2CC[C@@H](O)[C@H](OC)C2)CC(=O)[C@H](C)/C=C(\C)[C@@H](O)[C@@H](OC)C(=O)[C@H](C)C[C@H](C)\C=C/C=C/C=C/1C. The normalized spacial score (nSPS) is 44.1. The number of aliphatic hydroxyl groups is 4. The van der Waals surface area contributed by atoms with Crippen molar-refractivity contribution in [2.24, 2.45) is 35.5 Å². The Morgan fingerprint density at radius 2 is 1.57 bits per heavy atom. The lowest BCUT2D eigenvalue weighted by molar-refractivity contribution is -0.376. The molecule has 17 atom stereocenters. The first kappa shape index (κ1) is 52.9. The van der Waals surface area contributed by atoms with E-state index in [4.69, 9.17) is 23.7 Å². The zero-order valence-corrected chi connectivity index (χ0v) is 40.5. The molecule has 4 bridgehead atoms. The first-order valence-corrected chi connectivity index (χ1v) is 24.1. The quantitative estimate of drug-likeness (QED) is 0.143. The van der Waals surface area contributed by atoms with Gasteiger partial charge in [-0.2, -0.15) is 0 Å². The van der Waals surface area contributed by atoms with Crippen molar-refractivity contribution in [2.45, 2.75) is 192 Å². The maximum Gasteiger partial charge on any atom is 0.329 e. The Labute approximate surface area is 386 Å². The molecule has 14 nitrogen and oxygen atoms in total. The number of piperidine rings is 1. The third-order valence-corrected chi connectivity index (χ3v) is 15.4. The second-order valence-corrected chi connectivity index (χ2v) is 20.2. The lowest BCUT2D eigenvalue weighted by Gasteiger charge is -2.64. The number of allylic oxidation sites excluding steroid dienone is 6. The fourth-order valence-corrected chi connectivity index (χ4v) is 11.2. The number of Topliss-reactive ketones (excluding diaryl/α,β-unsaturated/α-hetero) is 2. The number of ether oxygens (including phenoxy) is 5. The largest absolute Gasteiger partial charge is 0.460 e. The van der Waals surface area contributed by atoms with Crippen LogP contribution in [0.2, 0.25) is 0 Å². The minimum absolute atomic E-state index is 0.0273. The molecular weight excluding hydrogens is 835 g/mol. The minimum atomic E-state index is -2.30. The molecule has 5 rings (SSSR count). The van der Waals surface area contributed by atoms with Crippen molar-refractivity contribution in [2.75, 3.05) is 21.3 Å². The molecule has 0 spiro atoms. The second-order valence-electron chi connectivity index (χ2n) is 20.2. The highest BCUT2D eigenvalue weighted by atomic mass is 16.7. The number of hydrogen-bond acceptors (Lipinski definition) is 13. The maximum absolute atomic E-state index is 14.4. The molecule has 1 amide bonds. The average Bonchev–Trinajstić information content (AvgIpc) is 3.28. The van der Waals surface area contributed by atoms with E-state index in [0.717, 1.165) is 12.0 Å². The number of ketones is 2. The summed E-state index contributed by atoms with van der Waals surface area (Å²) in [6.45, 7) is 12.8. The molecule has 1 saturated carbocycles. The number of amides is 1. The van der Waals surface area contributed by atoms with Crippen LogP contribution in [0.5, 0.6) is 0 Å². The minimum Gasteiger partial charge on any atom is -0.460 e. The fraction of sp³-hybridized carbons (Fsp3) is 0.765. The number of esters is 1. The van der Waals surface area contributed by atoms with Gasteiger partial charge in [0.25, 0.3) is 5.91 Å². The molecule has 5 aliphatic rings. The summed E-state index contributed by atoms with van der Waals surface area (Å²) in [5, 5.41) is 46.6. The molecule has 366 valence electrons. The monoisotopic (exact) mass is 914 g/mol. The van der Waals surface area contributed by atoms with Gasteiger partial charge in [0.1, 0.15) is 30.1 Å². The summed E-state index contributed by atoms with van der Waals surface area (Å²) in [5.41, 5.74) is -0.994. The van der Waals surface area contributed by atoms with E-state index >= 15 is 0 Å². The molecule has 4 fully saturated rings. The molecule has 65 heavy (non-hydrogen) atoms. The van der Waals surface area contributed by atoms with E-state index in [1.807, 2.05) is 58.1 Å². The van der Waals surface area contributed by atoms with Gasteiger partial charge in [0.05, 0.1) is 30.5 Å². The number of carbonyl (C=O) groups excluding carboxylic acids is 4. The van der Waals surface area contributed by atoms with Crippen LogP contribution in [0, 0.1) is 35.5 Å². The number of rotatable bonds is 6. The first-order chi connectivity index (χ1) is 30.7. The highest BCUT2D eigenvalue weighted by Crippen LogP contribution is 2.52. The first-order valence-electron chi connectivity index (χ1n) is 24.1. The van der Waals surface area contributed by atoms with Gasteiger partial charge in [0.2, 0.25) is 11.4 Å². The van der Waals surface area contributed by atoms with Crippen molar-refractivity contribution in [3.8, 4) is 0 Å². The predicted octanol–water partition coefficient (Wildman–Crippen LogP) is 5.72. The highest BCUT2D eigenvalue weighted by Gasteiger charge is 2.75. The smallest absolute Gasteiger partial charge is 0.329 e. The Kier molecular flexibility index (Phi) is 18.6. The molecule has 0 unspecified atom stereocenters. The fourth-order valence-electron chi connectivity index (χ4n) is 11.2. The van der Waals surface area contributed by atoms with Crippen LogP contribution in [-0.4, -0.2) is 136 Å². The van der Waals surface area contributed by atoms with Gasteiger partial charge >= 0.3 is 5.97 Å². The van der Waals surface area contributed by atoms with E-state index < -0.39 is 83.6 Å².